The second kappa shape index (κ2) is 7.32. The molecule has 132 valence electrons. The molecular weight excluding hydrogens is 362 g/mol. The van der Waals surface area contributed by atoms with Gasteiger partial charge in [0.2, 0.25) is 5.89 Å². The highest BCUT2D eigenvalue weighted by atomic mass is 35.5. The quantitative estimate of drug-likeness (QED) is 0.374. The van der Waals surface area contributed by atoms with Gasteiger partial charge in [0.15, 0.2) is 6.10 Å². The van der Waals surface area contributed by atoms with Crippen LogP contribution in [0.4, 0.5) is 5.69 Å². The molecule has 0 aliphatic heterocycles. The molecule has 0 N–H and O–H groups in total. The predicted molar refractivity (Wildman–Crippen MR) is 91.7 cm³/mol. The summed E-state index contributed by atoms with van der Waals surface area (Å²) in [5.74, 6) is -0.330. The van der Waals surface area contributed by atoms with Gasteiger partial charge in [0.1, 0.15) is 0 Å². The van der Waals surface area contributed by atoms with E-state index in [1.165, 1.54) is 12.1 Å². The van der Waals surface area contributed by atoms with Gasteiger partial charge in [0.25, 0.3) is 11.6 Å². The van der Waals surface area contributed by atoms with Gasteiger partial charge in [0.05, 0.1) is 15.5 Å². The van der Waals surface area contributed by atoms with E-state index in [-0.39, 0.29) is 22.2 Å². The lowest BCUT2D eigenvalue weighted by Gasteiger charge is -2.10. The number of non-ortho nitro benzene ring substituents is 1. The SMILES string of the molecule is C[C@H](OC(=O)c1ccc([N+](=O)[O-])cc1Cl)c1nnc(-c2ccccc2)o1. The van der Waals surface area contributed by atoms with Gasteiger partial charge in [0, 0.05) is 17.7 Å². The summed E-state index contributed by atoms with van der Waals surface area (Å²) in [6, 6.07) is 12.6. The summed E-state index contributed by atoms with van der Waals surface area (Å²) in [7, 11) is 0. The number of hydrogen-bond donors (Lipinski definition) is 0. The van der Waals surface area contributed by atoms with Gasteiger partial charge >= 0.3 is 5.97 Å². The summed E-state index contributed by atoms with van der Waals surface area (Å²) in [5.41, 5.74) is 0.527. The summed E-state index contributed by atoms with van der Waals surface area (Å²) >= 11 is 5.93. The number of ether oxygens (including phenoxy) is 1. The Morgan fingerprint density at radius 1 is 1.23 bits per heavy atom. The zero-order valence-electron chi connectivity index (χ0n) is 13.5. The number of carbonyl (C=O) groups is 1. The van der Waals surface area contributed by atoms with Crippen molar-refractivity contribution in [3.8, 4) is 11.5 Å². The summed E-state index contributed by atoms with van der Waals surface area (Å²) in [6.07, 6.45) is -0.821. The van der Waals surface area contributed by atoms with Crippen molar-refractivity contribution in [2.75, 3.05) is 0 Å². The van der Waals surface area contributed by atoms with Crippen LogP contribution in [0.1, 0.15) is 29.3 Å². The molecule has 8 nitrogen and oxygen atoms in total. The molecule has 26 heavy (non-hydrogen) atoms. The first-order chi connectivity index (χ1) is 12.5. The van der Waals surface area contributed by atoms with Crippen molar-refractivity contribution >= 4 is 23.3 Å². The summed E-state index contributed by atoms with van der Waals surface area (Å²) < 4.78 is 10.8. The van der Waals surface area contributed by atoms with Crippen LogP contribution in [0.2, 0.25) is 5.02 Å². The van der Waals surface area contributed by atoms with Gasteiger partial charge in [-0.1, -0.05) is 29.8 Å². The van der Waals surface area contributed by atoms with Crippen LogP contribution in [0.5, 0.6) is 0 Å². The number of rotatable bonds is 5. The highest BCUT2D eigenvalue weighted by Crippen LogP contribution is 2.26. The first kappa shape index (κ1) is 17.6. The molecule has 0 saturated heterocycles. The van der Waals surface area contributed by atoms with E-state index in [4.69, 9.17) is 20.8 Å². The van der Waals surface area contributed by atoms with Crippen LogP contribution in [0.15, 0.2) is 52.9 Å². The number of nitro groups is 1. The van der Waals surface area contributed by atoms with E-state index in [0.717, 1.165) is 11.6 Å². The minimum absolute atomic E-state index is 0.00640. The normalized spacial score (nSPS) is 11.8. The van der Waals surface area contributed by atoms with Gasteiger partial charge in [-0.25, -0.2) is 4.79 Å². The molecule has 3 aromatic rings. The molecule has 9 heteroatoms. The molecule has 1 heterocycles. The summed E-state index contributed by atoms with van der Waals surface area (Å²) in [4.78, 5) is 22.4. The second-order valence-electron chi connectivity index (χ2n) is 5.28. The van der Waals surface area contributed by atoms with E-state index in [2.05, 4.69) is 10.2 Å². The van der Waals surface area contributed by atoms with Gasteiger partial charge in [-0.3, -0.25) is 10.1 Å². The molecule has 0 aliphatic carbocycles. The molecule has 0 amide bonds. The second-order valence-corrected chi connectivity index (χ2v) is 5.69. The fourth-order valence-corrected chi connectivity index (χ4v) is 2.41. The fourth-order valence-electron chi connectivity index (χ4n) is 2.15. The molecule has 0 bridgehead atoms. The zero-order chi connectivity index (χ0) is 18.7. The zero-order valence-corrected chi connectivity index (χ0v) is 14.2. The molecule has 0 spiro atoms. The predicted octanol–water partition coefficient (Wildman–Crippen LogP) is 4.22. The first-order valence-electron chi connectivity index (χ1n) is 7.49. The average Bonchev–Trinajstić information content (AvgIpc) is 3.12. The van der Waals surface area contributed by atoms with Gasteiger partial charge in [-0.2, -0.15) is 0 Å². The Bertz CT molecular complexity index is 958. The number of nitro benzene ring substituents is 1. The van der Waals surface area contributed by atoms with Crippen molar-refractivity contribution in [1.82, 2.24) is 10.2 Å². The maximum atomic E-state index is 12.2. The van der Waals surface area contributed by atoms with Crippen LogP contribution >= 0.6 is 11.6 Å². The molecule has 1 atom stereocenters. The maximum absolute atomic E-state index is 12.2. The highest BCUT2D eigenvalue weighted by Gasteiger charge is 2.22. The lowest BCUT2D eigenvalue weighted by Crippen LogP contribution is -2.10. The minimum Gasteiger partial charge on any atom is -0.449 e. The molecule has 0 fully saturated rings. The molecule has 3 rings (SSSR count). The Morgan fingerprint density at radius 2 is 1.96 bits per heavy atom. The van der Waals surface area contributed by atoms with E-state index in [1.54, 1.807) is 6.92 Å². The summed E-state index contributed by atoms with van der Waals surface area (Å²) in [5, 5.41) is 18.5. The number of nitrogens with zero attached hydrogens (tertiary/aromatic N) is 3. The van der Waals surface area contributed by atoms with Crippen molar-refractivity contribution in [2.45, 2.75) is 13.0 Å². The van der Waals surface area contributed by atoms with Crippen LogP contribution in [-0.2, 0) is 4.74 Å². The number of halogens is 1. The Kier molecular flexibility index (Phi) is 4.94. The van der Waals surface area contributed by atoms with Crippen LogP contribution in [0.25, 0.3) is 11.5 Å². The third-order valence-corrected chi connectivity index (χ3v) is 3.79. The highest BCUT2D eigenvalue weighted by molar-refractivity contribution is 6.33. The molecular formula is C17H12ClN3O5. The van der Waals surface area contributed by atoms with Crippen molar-refractivity contribution in [3.05, 3.63) is 75.1 Å². The molecule has 0 saturated carbocycles. The van der Waals surface area contributed by atoms with Crippen molar-refractivity contribution in [1.29, 1.82) is 0 Å². The molecule has 1 aromatic heterocycles. The summed E-state index contributed by atoms with van der Waals surface area (Å²) in [6.45, 7) is 1.57. The Labute approximate surface area is 152 Å². The molecule has 0 unspecified atom stereocenters. The standard InChI is InChI=1S/C17H12ClN3O5/c1-10(15-19-20-16(26-15)11-5-3-2-4-6-11)25-17(22)13-8-7-12(21(23)24)9-14(13)18/h2-10H,1H3/t10-/m0/s1. The Balaban J connectivity index is 1.74. The largest absolute Gasteiger partial charge is 0.449 e. The number of aromatic nitrogens is 2. The van der Waals surface area contributed by atoms with Crippen molar-refractivity contribution in [3.63, 3.8) is 0 Å². The van der Waals surface area contributed by atoms with Crippen molar-refractivity contribution < 1.29 is 18.9 Å². The smallest absolute Gasteiger partial charge is 0.340 e. The lowest BCUT2D eigenvalue weighted by molar-refractivity contribution is -0.384. The number of esters is 1. The first-order valence-corrected chi connectivity index (χ1v) is 7.87. The topological polar surface area (TPSA) is 108 Å². The van der Waals surface area contributed by atoms with E-state index in [9.17, 15) is 14.9 Å². The monoisotopic (exact) mass is 373 g/mol. The van der Waals surface area contributed by atoms with E-state index >= 15 is 0 Å². The van der Waals surface area contributed by atoms with Crippen molar-refractivity contribution in [2.24, 2.45) is 0 Å². The Hall–Kier alpha value is -3.26. The van der Waals surface area contributed by atoms with Gasteiger partial charge in [-0.15, -0.1) is 10.2 Å². The molecule has 0 aliphatic rings. The van der Waals surface area contributed by atoms with Crippen LogP contribution in [0, 0.1) is 10.1 Å². The van der Waals surface area contributed by atoms with Crippen LogP contribution in [-0.4, -0.2) is 21.1 Å². The van der Waals surface area contributed by atoms with E-state index in [1.807, 2.05) is 30.3 Å². The van der Waals surface area contributed by atoms with Gasteiger partial charge in [-0.05, 0) is 25.1 Å². The average molecular weight is 374 g/mol. The van der Waals surface area contributed by atoms with E-state index < -0.39 is 17.0 Å². The molecule has 0 radical (unpaired) electrons. The lowest BCUT2D eigenvalue weighted by atomic mass is 10.2. The minimum atomic E-state index is -0.821. The third kappa shape index (κ3) is 3.70. The Morgan fingerprint density at radius 3 is 2.62 bits per heavy atom. The van der Waals surface area contributed by atoms with Gasteiger partial charge < -0.3 is 9.15 Å². The number of benzene rings is 2. The van der Waals surface area contributed by atoms with E-state index in [0.29, 0.717) is 5.89 Å². The van der Waals surface area contributed by atoms with Crippen LogP contribution < -0.4 is 0 Å². The molecule has 2 aromatic carbocycles. The third-order valence-electron chi connectivity index (χ3n) is 3.48. The maximum Gasteiger partial charge on any atom is 0.340 e. The van der Waals surface area contributed by atoms with Crippen LogP contribution in [0.3, 0.4) is 0 Å². The fraction of sp³-hybridized carbons (Fsp3) is 0.118. The number of carbonyl (C=O) groups excluding carboxylic acids is 1. The number of hydrogen-bond acceptors (Lipinski definition) is 7.